The standard InChI is InChI=1S/C42H25NO3/c1-3-12-26(13-4-1)43(27-14-5-2-6-15-27)28-22-23-30-34-25-38-39(32-17-8-10-21-36(32)44-38)40(42(34)46-37(30)24-28)33-19-11-18-31-29-16-7-9-20-35(29)45-41(31)33/h1-25H. The van der Waals surface area contributed by atoms with Gasteiger partial charge in [0, 0.05) is 66.6 Å². The van der Waals surface area contributed by atoms with Gasteiger partial charge in [0.1, 0.15) is 33.5 Å². The lowest BCUT2D eigenvalue weighted by molar-refractivity contribution is 0.662. The van der Waals surface area contributed by atoms with E-state index in [2.05, 4.69) is 120 Å². The monoisotopic (exact) mass is 591 g/mol. The first-order valence-electron chi connectivity index (χ1n) is 15.4. The van der Waals surface area contributed by atoms with Crippen molar-refractivity contribution in [3.8, 4) is 11.1 Å². The van der Waals surface area contributed by atoms with Crippen LogP contribution in [-0.2, 0) is 0 Å². The van der Waals surface area contributed by atoms with Crippen molar-refractivity contribution in [1.29, 1.82) is 0 Å². The Morgan fingerprint density at radius 3 is 1.72 bits per heavy atom. The van der Waals surface area contributed by atoms with Gasteiger partial charge in [-0.2, -0.15) is 0 Å². The fourth-order valence-corrected chi connectivity index (χ4v) is 7.04. The molecule has 0 N–H and O–H groups in total. The van der Waals surface area contributed by atoms with Crippen LogP contribution in [0.2, 0.25) is 0 Å². The Balaban J connectivity index is 1.30. The van der Waals surface area contributed by atoms with E-state index in [0.29, 0.717) is 0 Å². The Hall–Kier alpha value is -6.26. The second kappa shape index (κ2) is 9.62. The normalized spacial score (nSPS) is 11.9. The molecule has 0 bridgehead atoms. The van der Waals surface area contributed by atoms with Gasteiger partial charge in [-0.15, -0.1) is 0 Å². The molecule has 0 atom stereocenters. The molecular formula is C42H25NO3. The molecule has 0 aliphatic rings. The summed E-state index contributed by atoms with van der Waals surface area (Å²) in [6.45, 7) is 0. The number of furan rings is 3. The van der Waals surface area contributed by atoms with Crippen molar-refractivity contribution in [2.45, 2.75) is 0 Å². The van der Waals surface area contributed by atoms with Gasteiger partial charge in [-0.05, 0) is 54.6 Å². The third-order valence-electron chi connectivity index (χ3n) is 9.05. The minimum absolute atomic E-state index is 0.805. The van der Waals surface area contributed by atoms with Crippen LogP contribution in [0.25, 0.3) is 76.9 Å². The van der Waals surface area contributed by atoms with Crippen molar-refractivity contribution in [3.63, 3.8) is 0 Å². The van der Waals surface area contributed by atoms with E-state index in [1.54, 1.807) is 0 Å². The maximum atomic E-state index is 6.94. The Kier molecular flexibility index (Phi) is 5.25. The van der Waals surface area contributed by atoms with Crippen LogP contribution in [-0.4, -0.2) is 0 Å². The number of hydrogen-bond acceptors (Lipinski definition) is 4. The summed E-state index contributed by atoms with van der Waals surface area (Å²) in [7, 11) is 0. The van der Waals surface area contributed by atoms with Gasteiger partial charge < -0.3 is 18.2 Å². The summed E-state index contributed by atoms with van der Waals surface area (Å²) >= 11 is 0. The molecule has 0 radical (unpaired) electrons. The van der Waals surface area contributed by atoms with Crippen molar-refractivity contribution in [1.82, 2.24) is 0 Å². The lowest BCUT2D eigenvalue weighted by Crippen LogP contribution is -2.09. The average Bonchev–Trinajstić information content (AvgIpc) is 3.79. The number of fused-ring (bicyclic) bond motifs is 9. The minimum Gasteiger partial charge on any atom is -0.456 e. The maximum Gasteiger partial charge on any atom is 0.144 e. The molecule has 216 valence electrons. The van der Waals surface area contributed by atoms with Crippen molar-refractivity contribution >= 4 is 82.9 Å². The highest BCUT2D eigenvalue weighted by Crippen LogP contribution is 2.48. The van der Waals surface area contributed by atoms with E-state index in [-0.39, 0.29) is 0 Å². The van der Waals surface area contributed by atoms with E-state index in [1.165, 1.54) is 0 Å². The van der Waals surface area contributed by atoms with E-state index < -0.39 is 0 Å². The van der Waals surface area contributed by atoms with Gasteiger partial charge >= 0.3 is 0 Å². The Labute approximate surface area is 263 Å². The summed E-state index contributed by atoms with van der Waals surface area (Å²) in [6.07, 6.45) is 0. The molecule has 0 spiro atoms. The molecule has 0 saturated heterocycles. The first-order chi connectivity index (χ1) is 22.8. The topological polar surface area (TPSA) is 42.7 Å². The summed E-state index contributed by atoms with van der Waals surface area (Å²) in [4.78, 5) is 2.25. The molecule has 0 amide bonds. The van der Waals surface area contributed by atoms with Crippen LogP contribution in [0.5, 0.6) is 0 Å². The van der Waals surface area contributed by atoms with Gasteiger partial charge in [0.25, 0.3) is 0 Å². The van der Waals surface area contributed by atoms with Crippen LogP contribution in [0.3, 0.4) is 0 Å². The molecule has 4 nitrogen and oxygen atoms in total. The second-order valence-electron chi connectivity index (χ2n) is 11.7. The second-order valence-corrected chi connectivity index (χ2v) is 11.7. The largest absolute Gasteiger partial charge is 0.456 e. The van der Waals surface area contributed by atoms with E-state index >= 15 is 0 Å². The predicted molar refractivity (Wildman–Crippen MR) is 188 cm³/mol. The molecule has 0 saturated carbocycles. The number of anilines is 3. The fraction of sp³-hybridized carbons (Fsp3) is 0. The molecule has 3 aromatic heterocycles. The first kappa shape index (κ1) is 25.1. The molecule has 46 heavy (non-hydrogen) atoms. The zero-order valence-corrected chi connectivity index (χ0v) is 24.6. The summed E-state index contributed by atoms with van der Waals surface area (Å²) < 4.78 is 20.0. The molecule has 0 aliphatic carbocycles. The molecule has 10 aromatic rings. The van der Waals surface area contributed by atoms with Gasteiger partial charge in [0.2, 0.25) is 0 Å². The summed E-state index contributed by atoms with van der Waals surface area (Å²) in [5, 5.41) is 6.26. The quantitative estimate of drug-likeness (QED) is 0.204. The van der Waals surface area contributed by atoms with Crippen molar-refractivity contribution in [2.75, 3.05) is 4.90 Å². The zero-order chi connectivity index (χ0) is 30.2. The van der Waals surface area contributed by atoms with Crippen LogP contribution in [0.15, 0.2) is 165 Å². The molecule has 0 unspecified atom stereocenters. The van der Waals surface area contributed by atoms with Crippen molar-refractivity contribution in [2.24, 2.45) is 0 Å². The van der Waals surface area contributed by atoms with E-state index in [9.17, 15) is 0 Å². The van der Waals surface area contributed by atoms with Crippen molar-refractivity contribution in [3.05, 3.63) is 152 Å². The average molecular weight is 592 g/mol. The fourth-order valence-electron chi connectivity index (χ4n) is 7.04. The van der Waals surface area contributed by atoms with E-state index in [1.807, 2.05) is 36.4 Å². The number of para-hydroxylation sites is 5. The number of nitrogens with zero attached hydrogens (tertiary/aromatic N) is 1. The lowest BCUT2D eigenvalue weighted by Gasteiger charge is -2.25. The highest BCUT2D eigenvalue weighted by molar-refractivity contribution is 6.26. The molecule has 0 fully saturated rings. The SMILES string of the molecule is c1ccc(N(c2ccccc2)c2ccc3c(c2)oc2c(-c4cccc5c4oc4ccccc45)c4c(cc23)oc2ccccc24)cc1. The third-order valence-corrected chi connectivity index (χ3v) is 9.05. The summed E-state index contributed by atoms with van der Waals surface area (Å²) in [5.74, 6) is 0. The number of rotatable bonds is 4. The highest BCUT2D eigenvalue weighted by atomic mass is 16.3. The van der Waals surface area contributed by atoms with Crippen LogP contribution in [0.1, 0.15) is 0 Å². The molecule has 4 heteroatoms. The zero-order valence-electron chi connectivity index (χ0n) is 24.6. The van der Waals surface area contributed by atoms with Gasteiger partial charge in [0.05, 0.1) is 0 Å². The van der Waals surface area contributed by atoms with Gasteiger partial charge in [-0.25, -0.2) is 0 Å². The Morgan fingerprint density at radius 2 is 0.957 bits per heavy atom. The number of benzene rings is 7. The van der Waals surface area contributed by atoms with Gasteiger partial charge in [-0.1, -0.05) is 91.0 Å². The molecule has 3 heterocycles. The Morgan fingerprint density at radius 1 is 0.348 bits per heavy atom. The van der Waals surface area contributed by atoms with E-state index in [0.717, 1.165) is 94.0 Å². The molecule has 10 rings (SSSR count). The smallest absolute Gasteiger partial charge is 0.144 e. The lowest BCUT2D eigenvalue weighted by atomic mass is 9.95. The third kappa shape index (κ3) is 3.61. The molecule has 7 aromatic carbocycles. The summed E-state index contributed by atoms with van der Waals surface area (Å²) in [6, 6.07) is 52.2. The molecular weight excluding hydrogens is 566 g/mol. The summed E-state index contributed by atoms with van der Waals surface area (Å²) in [5.41, 5.74) is 10.1. The van der Waals surface area contributed by atoms with Crippen LogP contribution in [0.4, 0.5) is 17.1 Å². The van der Waals surface area contributed by atoms with Crippen molar-refractivity contribution < 1.29 is 13.3 Å². The van der Waals surface area contributed by atoms with Gasteiger partial charge in [0.15, 0.2) is 0 Å². The van der Waals surface area contributed by atoms with Crippen LogP contribution >= 0.6 is 0 Å². The highest BCUT2D eigenvalue weighted by Gasteiger charge is 2.24. The first-order valence-corrected chi connectivity index (χ1v) is 15.4. The Bertz CT molecular complexity index is 2710. The molecule has 0 aliphatic heterocycles. The van der Waals surface area contributed by atoms with E-state index in [4.69, 9.17) is 13.3 Å². The van der Waals surface area contributed by atoms with Gasteiger partial charge in [-0.3, -0.25) is 0 Å². The number of hydrogen-bond donors (Lipinski definition) is 0. The predicted octanol–water partition coefficient (Wildman–Crippen LogP) is 12.5. The van der Waals surface area contributed by atoms with Crippen LogP contribution < -0.4 is 4.90 Å². The van der Waals surface area contributed by atoms with Crippen LogP contribution in [0, 0.1) is 0 Å². The minimum atomic E-state index is 0.805. The maximum absolute atomic E-state index is 6.94.